The monoisotopic (exact) mass is 206 g/mol. The molecule has 0 radical (unpaired) electrons. The third kappa shape index (κ3) is 6.28. The van der Waals surface area contributed by atoms with Crippen LogP contribution in [-0.4, -0.2) is 12.4 Å². The highest BCUT2D eigenvalue weighted by Gasteiger charge is 2.23. The Hall–Kier alpha value is -1.26. The maximum atomic E-state index is 11.9. The van der Waals surface area contributed by atoms with E-state index in [1.165, 1.54) is 12.3 Å². The molecule has 0 aromatic heterocycles. The van der Waals surface area contributed by atoms with Crippen molar-refractivity contribution in [1.29, 1.82) is 0 Å². The zero-order valence-electron chi connectivity index (χ0n) is 8.10. The van der Waals surface area contributed by atoms with E-state index in [0.29, 0.717) is 0 Å². The number of rotatable bonds is 3. The van der Waals surface area contributed by atoms with E-state index < -0.39 is 6.18 Å². The molecule has 0 atom stereocenters. The molecule has 0 fully saturated rings. The van der Waals surface area contributed by atoms with Crippen LogP contribution in [0.4, 0.5) is 13.2 Å². The first-order valence-corrected chi connectivity index (χ1v) is 4.13. The standard InChI is InChI=1S/C9H13F3N2/c1-3-7(6-9(10,11)12)5-8(13)14-4-2/h4-6H,3,13H2,1-2H3/b7-6+,8-5-,14-4?. The van der Waals surface area contributed by atoms with Crippen LogP contribution in [0.2, 0.25) is 0 Å². The average molecular weight is 206 g/mol. The van der Waals surface area contributed by atoms with Gasteiger partial charge in [-0.3, -0.25) is 0 Å². The van der Waals surface area contributed by atoms with E-state index in [1.807, 2.05) is 0 Å². The highest BCUT2D eigenvalue weighted by molar-refractivity contribution is 5.55. The largest absolute Gasteiger partial charge is 0.410 e. The summed E-state index contributed by atoms with van der Waals surface area (Å²) in [7, 11) is 0. The number of aliphatic imine (C=N–C) groups is 1. The summed E-state index contributed by atoms with van der Waals surface area (Å²) >= 11 is 0. The first-order chi connectivity index (χ1) is 6.39. The van der Waals surface area contributed by atoms with Gasteiger partial charge in [-0.15, -0.1) is 0 Å². The lowest BCUT2D eigenvalue weighted by molar-refractivity contribution is -0.0804. The lowest BCUT2D eigenvalue weighted by atomic mass is 10.2. The summed E-state index contributed by atoms with van der Waals surface area (Å²) in [5.41, 5.74) is 5.45. The third-order valence-electron chi connectivity index (χ3n) is 1.37. The lowest BCUT2D eigenvalue weighted by Crippen LogP contribution is -2.03. The summed E-state index contributed by atoms with van der Waals surface area (Å²) in [4.78, 5) is 3.65. The fraction of sp³-hybridized carbons (Fsp3) is 0.444. The number of hydrogen-bond donors (Lipinski definition) is 1. The maximum absolute atomic E-state index is 11.9. The van der Waals surface area contributed by atoms with Crippen LogP contribution in [0.1, 0.15) is 20.3 Å². The predicted molar refractivity (Wildman–Crippen MR) is 50.9 cm³/mol. The zero-order chi connectivity index (χ0) is 11.2. The smallest absolute Gasteiger partial charge is 0.384 e. The molecular formula is C9H13F3N2. The molecule has 0 spiro atoms. The molecule has 0 aliphatic heterocycles. The van der Waals surface area contributed by atoms with Gasteiger partial charge in [-0.25, -0.2) is 4.99 Å². The molecule has 0 heterocycles. The maximum Gasteiger partial charge on any atom is 0.410 e. The van der Waals surface area contributed by atoms with Crippen molar-refractivity contribution in [3.8, 4) is 0 Å². The van der Waals surface area contributed by atoms with E-state index in [4.69, 9.17) is 5.73 Å². The molecule has 0 bridgehead atoms. The molecule has 0 saturated heterocycles. The Labute approximate surface area is 81.0 Å². The molecule has 80 valence electrons. The third-order valence-corrected chi connectivity index (χ3v) is 1.37. The molecule has 0 rings (SSSR count). The van der Waals surface area contributed by atoms with Crippen LogP contribution < -0.4 is 5.73 Å². The van der Waals surface area contributed by atoms with Gasteiger partial charge < -0.3 is 5.73 Å². The summed E-state index contributed by atoms with van der Waals surface area (Å²) < 4.78 is 35.8. The second-order valence-corrected chi connectivity index (χ2v) is 2.57. The van der Waals surface area contributed by atoms with Gasteiger partial charge in [-0.1, -0.05) is 6.92 Å². The van der Waals surface area contributed by atoms with Crippen molar-refractivity contribution in [2.75, 3.05) is 0 Å². The fourth-order valence-corrected chi connectivity index (χ4v) is 0.832. The van der Waals surface area contributed by atoms with E-state index in [-0.39, 0.29) is 23.9 Å². The minimum atomic E-state index is -4.31. The van der Waals surface area contributed by atoms with Crippen molar-refractivity contribution in [3.05, 3.63) is 23.5 Å². The Morgan fingerprint density at radius 1 is 1.43 bits per heavy atom. The van der Waals surface area contributed by atoms with E-state index >= 15 is 0 Å². The Balaban J connectivity index is 4.75. The fourth-order valence-electron chi connectivity index (χ4n) is 0.832. The van der Waals surface area contributed by atoms with E-state index in [1.54, 1.807) is 13.8 Å². The number of hydrogen-bond acceptors (Lipinski definition) is 2. The molecule has 14 heavy (non-hydrogen) atoms. The first-order valence-electron chi connectivity index (χ1n) is 4.13. The van der Waals surface area contributed by atoms with Gasteiger partial charge in [0, 0.05) is 12.3 Å². The second-order valence-electron chi connectivity index (χ2n) is 2.57. The minimum Gasteiger partial charge on any atom is -0.384 e. The minimum absolute atomic E-state index is 0.0739. The normalized spacial score (nSPS) is 15.2. The van der Waals surface area contributed by atoms with Gasteiger partial charge in [0.1, 0.15) is 5.82 Å². The van der Waals surface area contributed by atoms with E-state index in [0.717, 1.165) is 0 Å². The summed E-state index contributed by atoms with van der Waals surface area (Å²) in [5.74, 6) is 0.0739. The van der Waals surface area contributed by atoms with Gasteiger partial charge in [0.2, 0.25) is 0 Å². The predicted octanol–water partition coefficient (Wildman–Crippen LogP) is 2.78. The van der Waals surface area contributed by atoms with Gasteiger partial charge in [0.05, 0.1) is 0 Å². The number of nitrogens with two attached hydrogens (primary N) is 1. The van der Waals surface area contributed by atoms with Crippen molar-refractivity contribution in [2.45, 2.75) is 26.4 Å². The Morgan fingerprint density at radius 2 is 2.00 bits per heavy atom. The highest BCUT2D eigenvalue weighted by atomic mass is 19.4. The van der Waals surface area contributed by atoms with E-state index in [2.05, 4.69) is 4.99 Å². The Morgan fingerprint density at radius 3 is 2.36 bits per heavy atom. The Bertz CT molecular complexity index is 262. The second kappa shape index (κ2) is 5.47. The van der Waals surface area contributed by atoms with Gasteiger partial charge in [0.25, 0.3) is 0 Å². The molecule has 0 saturated carbocycles. The molecule has 5 heteroatoms. The molecule has 0 aromatic rings. The van der Waals surface area contributed by atoms with Crippen molar-refractivity contribution in [3.63, 3.8) is 0 Å². The van der Waals surface area contributed by atoms with Gasteiger partial charge in [-0.2, -0.15) is 13.2 Å². The quantitative estimate of drug-likeness (QED) is 0.559. The molecule has 0 aliphatic rings. The summed E-state index contributed by atoms with van der Waals surface area (Å²) in [6.07, 6.45) is -1.18. The molecule has 0 aliphatic carbocycles. The van der Waals surface area contributed by atoms with Crippen molar-refractivity contribution in [2.24, 2.45) is 10.7 Å². The molecule has 0 unspecified atom stereocenters. The molecule has 0 aromatic carbocycles. The SMILES string of the molecule is CC=N/C(N)=C\C(=C\C(F)(F)F)CC. The first kappa shape index (κ1) is 12.7. The molecule has 2 nitrogen and oxygen atoms in total. The number of alkyl halides is 3. The van der Waals surface area contributed by atoms with Gasteiger partial charge >= 0.3 is 6.18 Å². The lowest BCUT2D eigenvalue weighted by Gasteiger charge is -2.02. The Kier molecular flexibility index (Phi) is 4.97. The van der Waals surface area contributed by atoms with Crippen LogP contribution in [0.3, 0.4) is 0 Å². The topological polar surface area (TPSA) is 38.4 Å². The summed E-state index contributed by atoms with van der Waals surface area (Å²) in [6, 6.07) is 0. The van der Waals surface area contributed by atoms with Gasteiger partial charge in [-0.05, 0) is 25.0 Å². The van der Waals surface area contributed by atoms with Crippen LogP contribution in [0.5, 0.6) is 0 Å². The summed E-state index contributed by atoms with van der Waals surface area (Å²) in [5, 5.41) is 0. The zero-order valence-corrected chi connectivity index (χ0v) is 8.10. The van der Waals surface area contributed by atoms with Crippen LogP contribution in [0, 0.1) is 0 Å². The molecule has 2 N–H and O–H groups in total. The highest BCUT2D eigenvalue weighted by Crippen LogP contribution is 2.20. The molecule has 0 amide bonds. The number of allylic oxidation sites excluding steroid dienone is 3. The molecular weight excluding hydrogens is 193 g/mol. The van der Waals surface area contributed by atoms with Crippen LogP contribution in [0.25, 0.3) is 0 Å². The summed E-state index contributed by atoms with van der Waals surface area (Å²) in [6.45, 7) is 3.26. The number of halogens is 3. The van der Waals surface area contributed by atoms with Crippen molar-refractivity contribution in [1.82, 2.24) is 0 Å². The van der Waals surface area contributed by atoms with Crippen LogP contribution in [-0.2, 0) is 0 Å². The number of nitrogens with zero attached hydrogens (tertiary/aromatic N) is 1. The average Bonchev–Trinajstić information content (AvgIpc) is 2.01. The van der Waals surface area contributed by atoms with E-state index in [9.17, 15) is 13.2 Å². The van der Waals surface area contributed by atoms with Crippen molar-refractivity contribution < 1.29 is 13.2 Å². The van der Waals surface area contributed by atoms with Gasteiger partial charge in [0.15, 0.2) is 0 Å². The van der Waals surface area contributed by atoms with Crippen molar-refractivity contribution >= 4 is 6.21 Å². The van der Waals surface area contributed by atoms with Crippen LogP contribution in [0.15, 0.2) is 28.5 Å². The van der Waals surface area contributed by atoms with Crippen LogP contribution >= 0.6 is 0 Å².